The topological polar surface area (TPSA) is 104 Å². The Kier molecular flexibility index (Phi) is 7.21. The zero-order chi connectivity index (χ0) is 14.4. The van der Waals surface area contributed by atoms with E-state index in [0.717, 1.165) is 0 Å². The molecule has 1 aromatic rings. The number of aliphatic hydroxyl groups is 1. The van der Waals surface area contributed by atoms with Crippen LogP contribution < -0.4 is 16.0 Å². The van der Waals surface area contributed by atoms with Gasteiger partial charge in [-0.1, -0.05) is 0 Å². The molecule has 21 heavy (non-hydrogen) atoms. The monoisotopic (exact) mass is 317 g/mol. The van der Waals surface area contributed by atoms with Crippen LogP contribution in [0.5, 0.6) is 0 Å². The molecule has 1 aromatic heterocycles. The minimum atomic E-state index is -0.408. The minimum Gasteiger partial charge on any atom is -0.459 e. The molecule has 118 valence electrons. The van der Waals surface area contributed by atoms with E-state index in [9.17, 15) is 14.7 Å². The Bertz CT molecular complexity index is 452. The average Bonchev–Trinajstić information content (AvgIpc) is 3.07. The molecule has 4 N–H and O–H groups in total. The van der Waals surface area contributed by atoms with Crippen molar-refractivity contribution in [3.63, 3.8) is 0 Å². The van der Waals surface area contributed by atoms with Crippen molar-refractivity contribution in [1.29, 1.82) is 0 Å². The molecule has 2 heterocycles. The average molecular weight is 318 g/mol. The predicted octanol–water partition coefficient (Wildman–Crippen LogP) is -0.482. The lowest BCUT2D eigenvalue weighted by atomic mass is 10.1. The minimum absolute atomic E-state index is 0. The van der Waals surface area contributed by atoms with Gasteiger partial charge in [0.05, 0.1) is 12.4 Å². The molecule has 0 spiro atoms. The van der Waals surface area contributed by atoms with Crippen molar-refractivity contribution in [3.05, 3.63) is 24.2 Å². The molecule has 2 amide bonds. The third-order valence-electron chi connectivity index (χ3n) is 3.25. The standard InChI is InChI=1S/C13H19N3O4.ClH/c17-10-8-14-6-9(10)7-16-12(18)3-4-15-13(19)11-2-1-5-20-11;/h1-2,5,9-10,14,17H,3-4,6-8H2,(H,15,19)(H,16,18);1H. The number of carbonyl (C=O) groups is 2. The van der Waals surface area contributed by atoms with Gasteiger partial charge < -0.3 is 25.5 Å². The molecule has 2 atom stereocenters. The lowest BCUT2D eigenvalue weighted by Crippen LogP contribution is -2.36. The highest BCUT2D eigenvalue weighted by Crippen LogP contribution is 2.06. The van der Waals surface area contributed by atoms with Gasteiger partial charge in [0.15, 0.2) is 5.76 Å². The normalized spacial score (nSPS) is 20.6. The SMILES string of the molecule is Cl.O=C(CCNC(=O)c1ccco1)NCC1CNCC1O. The fraction of sp³-hybridized carbons (Fsp3) is 0.538. The van der Waals surface area contributed by atoms with Gasteiger partial charge in [-0.05, 0) is 12.1 Å². The molecule has 1 aliphatic heterocycles. The van der Waals surface area contributed by atoms with E-state index >= 15 is 0 Å². The van der Waals surface area contributed by atoms with E-state index in [1.165, 1.54) is 6.26 Å². The van der Waals surface area contributed by atoms with Crippen LogP contribution in [0, 0.1) is 5.92 Å². The van der Waals surface area contributed by atoms with Gasteiger partial charge in [-0.3, -0.25) is 9.59 Å². The Morgan fingerprint density at radius 1 is 1.38 bits per heavy atom. The molecule has 1 fully saturated rings. The number of carbonyl (C=O) groups excluding carboxylic acids is 2. The number of furan rings is 1. The van der Waals surface area contributed by atoms with Gasteiger partial charge in [0.2, 0.25) is 5.91 Å². The van der Waals surface area contributed by atoms with Crippen LogP contribution in [0.25, 0.3) is 0 Å². The zero-order valence-electron chi connectivity index (χ0n) is 11.5. The first-order valence-corrected chi connectivity index (χ1v) is 6.64. The number of rotatable bonds is 6. The van der Waals surface area contributed by atoms with Gasteiger partial charge in [-0.25, -0.2) is 0 Å². The molecule has 1 aliphatic rings. The Hall–Kier alpha value is -1.57. The van der Waals surface area contributed by atoms with Crippen molar-refractivity contribution in [3.8, 4) is 0 Å². The van der Waals surface area contributed by atoms with Gasteiger partial charge in [-0.2, -0.15) is 0 Å². The summed E-state index contributed by atoms with van der Waals surface area (Å²) in [5.41, 5.74) is 0. The second-order valence-corrected chi connectivity index (χ2v) is 4.77. The lowest BCUT2D eigenvalue weighted by molar-refractivity contribution is -0.121. The van der Waals surface area contributed by atoms with E-state index in [1.807, 2.05) is 0 Å². The summed E-state index contributed by atoms with van der Waals surface area (Å²) < 4.78 is 4.93. The van der Waals surface area contributed by atoms with Crippen LogP contribution in [0.4, 0.5) is 0 Å². The highest BCUT2D eigenvalue weighted by Gasteiger charge is 2.24. The maximum absolute atomic E-state index is 11.6. The summed E-state index contributed by atoms with van der Waals surface area (Å²) >= 11 is 0. The lowest BCUT2D eigenvalue weighted by Gasteiger charge is -2.14. The number of hydrogen-bond donors (Lipinski definition) is 4. The quantitative estimate of drug-likeness (QED) is 0.567. The van der Waals surface area contributed by atoms with Crippen molar-refractivity contribution < 1.29 is 19.1 Å². The molecule has 0 radical (unpaired) electrons. The second-order valence-electron chi connectivity index (χ2n) is 4.77. The Morgan fingerprint density at radius 3 is 2.81 bits per heavy atom. The predicted molar refractivity (Wildman–Crippen MR) is 78.3 cm³/mol. The van der Waals surface area contributed by atoms with Crippen molar-refractivity contribution in [2.24, 2.45) is 5.92 Å². The van der Waals surface area contributed by atoms with E-state index in [1.54, 1.807) is 12.1 Å². The smallest absolute Gasteiger partial charge is 0.286 e. The van der Waals surface area contributed by atoms with Crippen LogP contribution in [0.3, 0.4) is 0 Å². The van der Waals surface area contributed by atoms with Gasteiger partial charge in [0, 0.05) is 38.5 Å². The fourth-order valence-electron chi connectivity index (χ4n) is 2.05. The van der Waals surface area contributed by atoms with Crippen LogP contribution in [-0.4, -0.2) is 49.2 Å². The highest BCUT2D eigenvalue weighted by molar-refractivity contribution is 5.91. The van der Waals surface area contributed by atoms with Crippen molar-refractivity contribution in [2.45, 2.75) is 12.5 Å². The zero-order valence-corrected chi connectivity index (χ0v) is 12.3. The van der Waals surface area contributed by atoms with E-state index in [0.29, 0.717) is 19.6 Å². The van der Waals surface area contributed by atoms with Gasteiger partial charge in [0.25, 0.3) is 5.91 Å². The van der Waals surface area contributed by atoms with Crippen LogP contribution in [0.1, 0.15) is 17.0 Å². The molecule has 8 heteroatoms. The third-order valence-corrected chi connectivity index (χ3v) is 3.25. The van der Waals surface area contributed by atoms with E-state index in [-0.39, 0.29) is 48.9 Å². The maximum atomic E-state index is 11.6. The second kappa shape index (κ2) is 8.66. The number of aliphatic hydroxyl groups excluding tert-OH is 1. The molecular formula is C13H20ClN3O4. The first-order valence-electron chi connectivity index (χ1n) is 6.64. The van der Waals surface area contributed by atoms with Gasteiger partial charge in [0.1, 0.15) is 0 Å². The number of β-amino-alcohol motifs (C(OH)–C–C–N with tert-alkyl or cyclic N) is 1. The first-order chi connectivity index (χ1) is 9.66. The molecular weight excluding hydrogens is 298 g/mol. The van der Waals surface area contributed by atoms with Crippen LogP contribution >= 0.6 is 12.4 Å². The van der Waals surface area contributed by atoms with Crippen molar-refractivity contribution in [2.75, 3.05) is 26.2 Å². The summed E-state index contributed by atoms with van der Waals surface area (Å²) in [4.78, 5) is 23.1. The first kappa shape index (κ1) is 17.5. The maximum Gasteiger partial charge on any atom is 0.286 e. The van der Waals surface area contributed by atoms with E-state index in [2.05, 4.69) is 16.0 Å². The molecule has 2 unspecified atom stereocenters. The summed E-state index contributed by atoms with van der Waals surface area (Å²) in [6.45, 7) is 1.96. The summed E-state index contributed by atoms with van der Waals surface area (Å²) in [6, 6.07) is 3.19. The number of nitrogens with one attached hydrogen (secondary N) is 3. The van der Waals surface area contributed by atoms with Crippen molar-refractivity contribution in [1.82, 2.24) is 16.0 Å². The third kappa shape index (κ3) is 5.37. The molecule has 2 rings (SSSR count). The summed E-state index contributed by atoms with van der Waals surface area (Å²) in [6.07, 6.45) is 1.21. The number of halogens is 1. The summed E-state index contributed by atoms with van der Waals surface area (Å²) in [5, 5.41) is 18.0. The Balaban J connectivity index is 0.00000220. The fourth-order valence-corrected chi connectivity index (χ4v) is 2.05. The molecule has 7 nitrogen and oxygen atoms in total. The summed E-state index contributed by atoms with van der Waals surface area (Å²) in [5.74, 6) is -0.204. The Labute approximate surface area is 128 Å². The highest BCUT2D eigenvalue weighted by atomic mass is 35.5. The largest absolute Gasteiger partial charge is 0.459 e. The molecule has 0 aliphatic carbocycles. The van der Waals surface area contributed by atoms with Crippen LogP contribution in [0.2, 0.25) is 0 Å². The molecule has 0 bridgehead atoms. The van der Waals surface area contributed by atoms with Gasteiger partial charge in [-0.15, -0.1) is 12.4 Å². The van der Waals surface area contributed by atoms with Crippen LogP contribution in [-0.2, 0) is 4.79 Å². The van der Waals surface area contributed by atoms with E-state index in [4.69, 9.17) is 4.42 Å². The Morgan fingerprint density at radius 2 is 2.19 bits per heavy atom. The summed E-state index contributed by atoms with van der Waals surface area (Å²) in [7, 11) is 0. The van der Waals surface area contributed by atoms with E-state index < -0.39 is 6.10 Å². The number of amides is 2. The van der Waals surface area contributed by atoms with Crippen molar-refractivity contribution >= 4 is 24.2 Å². The number of hydrogen-bond acceptors (Lipinski definition) is 5. The van der Waals surface area contributed by atoms with Crippen LogP contribution in [0.15, 0.2) is 22.8 Å². The molecule has 1 saturated heterocycles. The molecule has 0 aromatic carbocycles. The van der Waals surface area contributed by atoms with Gasteiger partial charge >= 0.3 is 0 Å². The molecule has 0 saturated carbocycles.